The number of hydrogen-bond acceptors (Lipinski definition) is 7. The summed E-state index contributed by atoms with van der Waals surface area (Å²) in [5, 5.41) is 4.51. The first-order chi connectivity index (χ1) is 10.2. The van der Waals surface area contributed by atoms with Gasteiger partial charge in [0, 0.05) is 30.8 Å². The van der Waals surface area contributed by atoms with Gasteiger partial charge in [0.25, 0.3) is 0 Å². The van der Waals surface area contributed by atoms with Crippen LogP contribution in [0.25, 0.3) is 0 Å². The number of aromatic nitrogens is 4. The standard InChI is InChI=1S/C13H15BrN6S/c1-15-11-17-12(20-6-2-3-7-20)19-13(18-11)21-10-5-4-9(14)8-16-10/h4-5,8H,2-3,6-7H2,1H3,(H,15,17,18,19). The highest BCUT2D eigenvalue weighted by atomic mass is 79.9. The van der Waals surface area contributed by atoms with Crippen LogP contribution in [0.1, 0.15) is 12.8 Å². The number of hydrogen-bond donors (Lipinski definition) is 1. The van der Waals surface area contributed by atoms with E-state index in [9.17, 15) is 0 Å². The first-order valence-electron chi connectivity index (χ1n) is 6.73. The maximum Gasteiger partial charge on any atom is 0.231 e. The average Bonchev–Trinajstić information content (AvgIpc) is 3.04. The molecule has 110 valence electrons. The Balaban J connectivity index is 1.86. The van der Waals surface area contributed by atoms with Crippen LogP contribution in [0.5, 0.6) is 0 Å². The normalized spacial score (nSPS) is 14.5. The Morgan fingerprint density at radius 3 is 2.67 bits per heavy atom. The van der Waals surface area contributed by atoms with Crippen molar-refractivity contribution in [2.24, 2.45) is 0 Å². The van der Waals surface area contributed by atoms with Gasteiger partial charge in [0.1, 0.15) is 5.03 Å². The van der Waals surface area contributed by atoms with E-state index in [1.54, 1.807) is 6.20 Å². The van der Waals surface area contributed by atoms with Gasteiger partial charge in [0.2, 0.25) is 17.1 Å². The molecule has 0 radical (unpaired) electrons. The molecule has 1 saturated heterocycles. The van der Waals surface area contributed by atoms with Crippen molar-refractivity contribution in [3.63, 3.8) is 0 Å². The lowest BCUT2D eigenvalue weighted by atomic mass is 10.4. The van der Waals surface area contributed by atoms with Crippen molar-refractivity contribution in [2.75, 3.05) is 30.4 Å². The highest BCUT2D eigenvalue weighted by Crippen LogP contribution is 2.26. The largest absolute Gasteiger partial charge is 0.357 e. The summed E-state index contributed by atoms with van der Waals surface area (Å²) in [6.45, 7) is 2.02. The van der Waals surface area contributed by atoms with Gasteiger partial charge < -0.3 is 10.2 Å². The smallest absolute Gasteiger partial charge is 0.231 e. The Hall–Kier alpha value is -1.41. The molecule has 8 heteroatoms. The molecule has 1 aliphatic rings. The van der Waals surface area contributed by atoms with Crippen molar-refractivity contribution in [1.29, 1.82) is 0 Å². The number of nitrogens with one attached hydrogen (secondary N) is 1. The van der Waals surface area contributed by atoms with E-state index >= 15 is 0 Å². The third kappa shape index (κ3) is 3.62. The fourth-order valence-electron chi connectivity index (χ4n) is 2.08. The molecule has 0 amide bonds. The first-order valence-corrected chi connectivity index (χ1v) is 8.34. The van der Waals surface area contributed by atoms with E-state index in [-0.39, 0.29) is 0 Å². The lowest BCUT2D eigenvalue weighted by molar-refractivity contribution is 0.829. The van der Waals surface area contributed by atoms with E-state index < -0.39 is 0 Å². The molecular weight excluding hydrogens is 352 g/mol. The van der Waals surface area contributed by atoms with Crippen LogP contribution in [0.4, 0.5) is 11.9 Å². The molecule has 3 rings (SSSR count). The molecule has 0 aromatic carbocycles. The molecule has 2 aromatic rings. The van der Waals surface area contributed by atoms with Gasteiger partial charge in [-0.2, -0.15) is 15.0 Å². The lowest BCUT2D eigenvalue weighted by Crippen LogP contribution is -2.21. The summed E-state index contributed by atoms with van der Waals surface area (Å²) in [5.41, 5.74) is 0. The van der Waals surface area contributed by atoms with Gasteiger partial charge in [-0.3, -0.25) is 0 Å². The molecule has 3 heterocycles. The summed E-state index contributed by atoms with van der Waals surface area (Å²) in [5.74, 6) is 1.33. The van der Waals surface area contributed by atoms with Crippen LogP contribution in [-0.4, -0.2) is 40.1 Å². The molecule has 0 spiro atoms. The molecule has 0 aliphatic carbocycles. The molecule has 1 N–H and O–H groups in total. The van der Waals surface area contributed by atoms with E-state index in [1.807, 2.05) is 19.2 Å². The average molecular weight is 367 g/mol. The minimum atomic E-state index is 0.589. The highest BCUT2D eigenvalue weighted by Gasteiger charge is 2.17. The number of pyridine rings is 1. The molecule has 0 atom stereocenters. The van der Waals surface area contributed by atoms with Crippen molar-refractivity contribution in [1.82, 2.24) is 19.9 Å². The van der Waals surface area contributed by atoms with Crippen LogP contribution >= 0.6 is 27.7 Å². The van der Waals surface area contributed by atoms with Crippen LogP contribution in [0.15, 0.2) is 33.0 Å². The molecule has 0 bridgehead atoms. The molecule has 21 heavy (non-hydrogen) atoms. The topological polar surface area (TPSA) is 66.8 Å². The Labute approximate surface area is 135 Å². The van der Waals surface area contributed by atoms with Gasteiger partial charge in [0.05, 0.1) is 0 Å². The second-order valence-electron chi connectivity index (χ2n) is 4.60. The second kappa shape index (κ2) is 6.57. The summed E-state index contributed by atoms with van der Waals surface area (Å²) in [4.78, 5) is 19.9. The minimum Gasteiger partial charge on any atom is -0.357 e. The van der Waals surface area contributed by atoms with Gasteiger partial charge >= 0.3 is 0 Å². The van der Waals surface area contributed by atoms with Crippen molar-refractivity contribution in [3.05, 3.63) is 22.8 Å². The zero-order valence-electron chi connectivity index (χ0n) is 11.6. The van der Waals surface area contributed by atoms with Gasteiger partial charge in [0.15, 0.2) is 0 Å². The maximum absolute atomic E-state index is 4.56. The molecule has 6 nitrogen and oxygen atoms in total. The summed E-state index contributed by atoms with van der Waals surface area (Å²) < 4.78 is 0.955. The highest BCUT2D eigenvalue weighted by molar-refractivity contribution is 9.10. The predicted octanol–water partition coefficient (Wildman–Crippen LogP) is 2.82. The van der Waals surface area contributed by atoms with Gasteiger partial charge in [-0.15, -0.1) is 0 Å². The number of anilines is 2. The van der Waals surface area contributed by atoms with Crippen molar-refractivity contribution in [2.45, 2.75) is 23.0 Å². The number of rotatable bonds is 4. The van der Waals surface area contributed by atoms with Crippen LogP contribution < -0.4 is 10.2 Å². The molecule has 2 aromatic heterocycles. The Morgan fingerprint density at radius 2 is 2.00 bits per heavy atom. The van der Waals surface area contributed by atoms with Crippen molar-refractivity contribution < 1.29 is 0 Å². The fraction of sp³-hybridized carbons (Fsp3) is 0.385. The molecular formula is C13H15BrN6S. The van der Waals surface area contributed by atoms with Gasteiger partial charge in [-0.05, 0) is 52.7 Å². The Kier molecular flexibility index (Phi) is 4.54. The SMILES string of the molecule is CNc1nc(Sc2ccc(Br)cn2)nc(N2CCCC2)n1. The lowest BCUT2D eigenvalue weighted by Gasteiger charge is -2.16. The third-order valence-corrected chi connectivity index (χ3v) is 4.40. The Morgan fingerprint density at radius 1 is 1.19 bits per heavy atom. The molecule has 1 aliphatic heterocycles. The van der Waals surface area contributed by atoms with Crippen LogP contribution in [0.2, 0.25) is 0 Å². The van der Waals surface area contributed by atoms with E-state index in [0.29, 0.717) is 11.1 Å². The van der Waals surface area contributed by atoms with E-state index in [4.69, 9.17) is 0 Å². The molecule has 0 unspecified atom stereocenters. The molecule has 0 saturated carbocycles. The second-order valence-corrected chi connectivity index (χ2v) is 6.51. The van der Waals surface area contributed by atoms with E-state index in [1.165, 1.54) is 24.6 Å². The van der Waals surface area contributed by atoms with Crippen LogP contribution in [0.3, 0.4) is 0 Å². The number of halogens is 1. The third-order valence-electron chi connectivity index (χ3n) is 3.11. The zero-order valence-corrected chi connectivity index (χ0v) is 14.0. The first kappa shape index (κ1) is 14.5. The summed E-state index contributed by atoms with van der Waals surface area (Å²) in [6, 6.07) is 3.89. The van der Waals surface area contributed by atoms with Crippen molar-refractivity contribution >= 4 is 39.6 Å². The summed E-state index contributed by atoms with van der Waals surface area (Å²) in [6.07, 6.45) is 4.15. The van der Waals surface area contributed by atoms with Gasteiger partial charge in [-0.1, -0.05) is 0 Å². The fourth-order valence-corrected chi connectivity index (χ4v) is 3.00. The van der Waals surface area contributed by atoms with Crippen LogP contribution in [-0.2, 0) is 0 Å². The zero-order chi connectivity index (χ0) is 14.7. The summed E-state index contributed by atoms with van der Waals surface area (Å²) >= 11 is 4.82. The minimum absolute atomic E-state index is 0.589. The quantitative estimate of drug-likeness (QED) is 0.891. The predicted molar refractivity (Wildman–Crippen MR) is 86.9 cm³/mol. The van der Waals surface area contributed by atoms with E-state index in [2.05, 4.69) is 46.1 Å². The molecule has 1 fully saturated rings. The van der Waals surface area contributed by atoms with Gasteiger partial charge in [-0.25, -0.2) is 4.98 Å². The number of nitrogens with zero attached hydrogens (tertiary/aromatic N) is 5. The van der Waals surface area contributed by atoms with Crippen LogP contribution in [0, 0.1) is 0 Å². The maximum atomic E-state index is 4.56. The monoisotopic (exact) mass is 366 g/mol. The van der Waals surface area contributed by atoms with E-state index in [0.717, 1.165) is 28.5 Å². The summed E-state index contributed by atoms with van der Waals surface area (Å²) in [7, 11) is 1.81. The Bertz CT molecular complexity index is 615. The van der Waals surface area contributed by atoms with Crippen molar-refractivity contribution in [3.8, 4) is 0 Å².